The van der Waals surface area contributed by atoms with Crippen molar-refractivity contribution in [3.8, 4) is 0 Å². The molecule has 1 aliphatic rings. The largest absolute Gasteiger partial charge is 0.368 e. The summed E-state index contributed by atoms with van der Waals surface area (Å²) in [7, 11) is 0. The van der Waals surface area contributed by atoms with Gasteiger partial charge >= 0.3 is 0 Å². The molecule has 12 heavy (non-hydrogen) atoms. The van der Waals surface area contributed by atoms with Gasteiger partial charge in [-0.15, -0.1) is 0 Å². The van der Waals surface area contributed by atoms with Gasteiger partial charge in [0, 0.05) is 6.54 Å². The number of thiol groups is 1. The summed E-state index contributed by atoms with van der Waals surface area (Å²) in [5.74, 6) is -0.383. The van der Waals surface area contributed by atoms with Gasteiger partial charge in [0.25, 0.3) is 0 Å². The predicted octanol–water partition coefficient (Wildman–Crippen LogP) is -0.608. The van der Waals surface area contributed by atoms with Crippen molar-refractivity contribution in [1.82, 2.24) is 4.90 Å². The maximum absolute atomic E-state index is 11.2. The molecule has 0 unspecified atom stereocenters. The van der Waals surface area contributed by atoms with Gasteiger partial charge in [0.2, 0.25) is 11.8 Å². The fourth-order valence-corrected chi connectivity index (χ4v) is 1.63. The minimum Gasteiger partial charge on any atom is -0.368 e. The Morgan fingerprint density at radius 2 is 2.25 bits per heavy atom. The van der Waals surface area contributed by atoms with E-state index in [-0.39, 0.29) is 11.7 Å². The van der Waals surface area contributed by atoms with Crippen molar-refractivity contribution in [1.29, 1.82) is 0 Å². The molecule has 4 nitrogen and oxygen atoms in total. The van der Waals surface area contributed by atoms with Crippen LogP contribution in [0.1, 0.15) is 12.8 Å². The summed E-state index contributed by atoms with van der Waals surface area (Å²) < 4.78 is 0. The van der Waals surface area contributed by atoms with E-state index in [1.54, 1.807) is 0 Å². The second kappa shape index (κ2) is 3.80. The number of amides is 2. The highest BCUT2D eigenvalue weighted by Crippen LogP contribution is 2.16. The van der Waals surface area contributed by atoms with Gasteiger partial charge in [-0.25, -0.2) is 0 Å². The Labute approximate surface area is 76.5 Å². The van der Waals surface area contributed by atoms with E-state index in [2.05, 4.69) is 12.6 Å². The van der Waals surface area contributed by atoms with Gasteiger partial charge in [-0.1, -0.05) is 0 Å². The first-order chi connectivity index (χ1) is 5.66. The van der Waals surface area contributed by atoms with Gasteiger partial charge in [-0.3, -0.25) is 9.59 Å². The van der Waals surface area contributed by atoms with Gasteiger partial charge in [-0.05, 0) is 12.8 Å². The van der Waals surface area contributed by atoms with Crippen LogP contribution in [0, 0.1) is 0 Å². The molecule has 2 amide bonds. The molecule has 0 aromatic rings. The summed E-state index contributed by atoms with van der Waals surface area (Å²) in [5.41, 5.74) is 5.12. The predicted molar refractivity (Wildman–Crippen MR) is 47.8 cm³/mol. The summed E-state index contributed by atoms with van der Waals surface area (Å²) in [6.07, 6.45) is 1.54. The molecule has 1 atom stereocenters. The lowest BCUT2D eigenvalue weighted by Gasteiger charge is -2.20. The number of likely N-dealkylation sites (tertiary alicyclic amines) is 1. The van der Waals surface area contributed by atoms with Crippen LogP contribution in [0.15, 0.2) is 0 Å². The third-order valence-corrected chi connectivity index (χ3v) is 2.31. The number of carbonyl (C=O) groups is 2. The number of nitrogens with two attached hydrogens (primary N) is 1. The molecule has 0 aliphatic carbocycles. The van der Waals surface area contributed by atoms with Crippen LogP contribution < -0.4 is 5.73 Å². The van der Waals surface area contributed by atoms with Crippen molar-refractivity contribution in [2.24, 2.45) is 5.73 Å². The van der Waals surface area contributed by atoms with Crippen molar-refractivity contribution >= 4 is 24.4 Å². The van der Waals surface area contributed by atoms with Crippen LogP contribution in [-0.2, 0) is 9.59 Å². The Morgan fingerprint density at radius 3 is 2.75 bits per heavy atom. The molecule has 1 fully saturated rings. The van der Waals surface area contributed by atoms with Crippen LogP contribution >= 0.6 is 12.6 Å². The fraction of sp³-hybridized carbons (Fsp3) is 0.714. The highest BCUT2D eigenvalue weighted by Gasteiger charge is 2.31. The molecule has 1 saturated heterocycles. The van der Waals surface area contributed by atoms with Gasteiger partial charge in [0.05, 0.1) is 5.75 Å². The van der Waals surface area contributed by atoms with Gasteiger partial charge < -0.3 is 10.6 Å². The summed E-state index contributed by atoms with van der Waals surface area (Å²) in [5, 5.41) is 0. The monoisotopic (exact) mass is 188 g/mol. The van der Waals surface area contributed by atoms with E-state index in [4.69, 9.17) is 5.73 Å². The molecule has 1 aliphatic heterocycles. The molecule has 5 heteroatoms. The second-order valence-corrected chi connectivity index (χ2v) is 3.12. The van der Waals surface area contributed by atoms with Crippen LogP contribution in [0.2, 0.25) is 0 Å². The molecule has 2 N–H and O–H groups in total. The number of hydrogen-bond acceptors (Lipinski definition) is 3. The summed E-state index contributed by atoms with van der Waals surface area (Å²) in [4.78, 5) is 23.5. The molecule has 0 saturated carbocycles. The van der Waals surface area contributed by atoms with E-state index in [9.17, 15) is 9.59 Å². The number of carbonyl (C=O) groups excluding carboxylic acids is 2. The lowest BCUT2D eigenvalue weighted by Crippen LogP contribution is -2.44. The SMILES string of the molecule is NC(=O)[C@@H]1CCCN1C(=O)CS. The van der Waals surface area contributed by atoms with Crippen LogP contribution in [-0.4, -0.2) is 35.1 Å². The average molecular weight is 188 g/mol. The molecule has 1 heterocycles. The molecule has 68 valence electrons. The van der Waals surface area contributed by atoms with Crippen LogP contribution in [0.25, 0.3) is 0 Å². The zero-order valence-corrected chi connectivity index (χ0v) is 7.59. The first kappa shape index (κ1) is 9.38. The van der Waals surface area contributed by atoms with Crippen molar-refractivity contribution in [2.75, 3.05) is 12.3 Å². The molecule has 0 aromatic carbocycles. The first-order valence-electron chi connectivity index (χ1n) is 3.86. The van der Waals surface area contributed by atoms with Crippen LogP contribution in [0.4, 0.5) is 0 Å². The topological polar surface area (TPSA) is 63.4 Å². The summed E-state index contributed by atoms with van der Waals surface area (Å²) in [6.45, 7) is 0.632. The smallest absolute Gasteiger partial charge is 0.240 e. The van der Waals surface area contributed by atoms with Crippen molar-refractivity contribution < 1.29 is 9.59 Å². The highest BCUT2D eigenvalue weighted by molar-refractivity contribution is 7.81. The Morgan fingerprint density at radius 1 is 1.58 bits per heavy atom. The van der Waals surface area contributed by atoms with Crippen molar-refractivity contribution in [3.63, 3.8) is 0 Å². The maximum Gasteiger partial charge on any atom is 0.240 e. The first-order valence-corrected chi connectivity index (χ1v) is 4.49. The molecule has 0 aromatic heterocycles. The zero-order valence-electron chi connectivity index (χ0n) is 6.69. The Bertz CT molecular complexity index is 208. The van der Waals surface area contributed by atoms with E-state index in [0.29, 0.717) is 13.0 Å². The quantitative estimate of drug-likeness (QED) is 0.568. The molecule has 0 radical (unpaired) electrons. The van der Waals surface area contributed by atoms with Crippen LogP contribution in [0.3, 0.4) is 0 Å². The third kappa shape index (κ3) is 1.72. The molecule has 0 spiro atoms. The third-order valence-electron chi connectivity index (χ3n) is 2.04. The van der Waals surface area contributed by atoms with Gasteiger partial charge in [0.1, 0.15) is 6.04 Å². The van der Waals surface area contributed by atoms with E-state index >= 15 is 0 Å². The normalized spacial score (nSPS) is 22.8. The number of hydrogen-bond donors (Lipinski definition) is 2. The van der Waals surface area contributed by atoms with Gasteiger partial charge in [-0.2, -0.15) is 12.6 Å². The summed E-state index contributed by atoms with van der Waals surface area (Å²) in [6, 6.07) is -0.398. The number of rotatable bonds is 2. The van der Waals surface area contributed by atoms with Crippen LogP contribution in [0.5, 0.6) is 0 Å². The molecule has 0 bridgehead atoms. The summed E-state index contributed by atoms with van der Waals surface area (Å²) >= 11 is 3.86. The Kier molecular flexibility index (Phi) is 2.97. The Balaban J connectivity index is 2.63. The second-order valence-electron chi connectivity index (χ2n) is 2.81. The Hall–Kier alpha value is -0.710. The van der Waals surface area contributed by atoms with E-state index in [1.165, 1.54) is 4.90 Å². The number of nitrogens with zero attached hydrogens (tertiary/aromatic N) is 1. The van der Waals surface area contributed by atoms with E-state index in [0.717, 1.165) is 6.42 Å². The minimum absolute atomic E-state index is 0.111. The lowest BCUT2D eigenvalue weighted by atomic mass is 10.2. The minimum atomic E-state index is -0.414. The van der Waals surface area contributed by atoms with Crippen molar-refractivity contribution in [3.05, 3.63) is 0 Å². The van der Waals surface area contributed by atoms with E-state index < -0.39 is 11.9 Å². The van der Waals surface area contributed by atoms with Crippen molar-refractivity contribution in [2.45, 2.75) is 18.9 Å². The molecular formula is C7H12N2O2S. The van der Waals surface area contributed by atoms with Gasteiger partial charge in [0.15, 0.2) is 0 Å². The molecular weight excluding hydrogens is 176 g/mol. The highest BCUT2D eigenvalue weighted by atomic mass is 32.1. The fourth-order valence-electron chi connectivity index (χ4n) is 1.45. The maximum atomic E-state index is 11.2. The lowest BCUT2D eigenvalue weighted by molar-refractivity contribution is -0.135. The van der Waals surface area contributed by atoms with E-state index in [1.807, 2.05) is 0 Å². The standard InChI is InChI=1S/C7H12N2O2S/c8-7(11)5-2-1-3-9(5)6(10)4-12/h5,12H,1-4H2,(H2,8,11)/t5-/m0/s1. The molecule has 1 rings (SSSR count). The number of primary amides is 1. The average Bonchev–Trinajstić information content (AvgIpc) is 2.50. The zero-order chi connectivity index (χ0) is 9.14.